The van der Waals surface area contributed by atoms with E-state index in [-0.39, 0.29) is 12.7 Å². The lowest BCUT2D eigenvalue weighted by molar-refractivity contribution is -0.0351. The molecule has 1 fully saturated rings. The molecule has 0 radical (unpaired) electrons. The molecule has 1 N–H and O–H groups in total. The minimum atomic E-state index is -0.0486. The standard InChI is InChI=1S/C18H23N3O3/c1-2-23-17-4-3-14(9-15(17)13-22)11-21-7-8-24-18(12-21)16-10-19-5-6-20-16/h3-6,9-10,18,22H,2,7-8,11-13H2,1H3/t18-/m0/s1. The van der Waals surface area contributed by atoms with E-state index in [9.17, 15) is 5.11 Å². The number of ether oxygens (including phenoxy) is 2. The Labute approximate surface area is 142 Å². The van der Waals surface area contributed by atoms with Gasteiger partial charge in [0, 0.05) is 37.6 Å². The zero-order chi connectivity index (χ0) is 16.8. The van der Waals surface area contributed by atoms with Crippen LogP contribution in [0.5, 0.6) is 5.75 Å². The molecule has 1 aliphatic rings. The summed E-state index contributed by atoms with van der Waals surface area (Å²) in [4.78, 5) is 10.8. The molecule has 2 aromatic rings. The molecule has 0 unspecified atom stereocenters. The van der Waals surface area contributed by atoms with Gasteiger partial charge in [0.2, 0.25) is 0 Å². The van der Waals surface area contributed by atoms with Crippen LogP contribution < -0.4 is 4.74 Å². The third kappa shape index (κ3) is 4.08. The van der Waals surface area contributed by atoms with Gasteiger partial charge >= 0.3 is 0 Å². The molecule has 0 bridgehead atoms. The molecule has 24 heavy (non-hydrogen) atoms. The SMILES string of the molecule is CCOc1ccc(CN2CCO[C@H](c3cnccn3)C2)cc1CO. The van der Waals surface area contributed by atoms with Crippen molar-refractivity contribution in [1.82, 2.24) is 14.9 Å². The molecule has 6 heteroatoms. The summed E-state index contributed by atoms with van der Waals surface area (Å²) in [6.07, 6.45) is 5.07. The highest BCUT2D eigenvalue weighted by molar-refractivity contribution is 5.37. The van der Waals surface area contributed by atoms with Gasteiger partial charge in [0.15, 0.2) is 0 Å². The van der Waals surface area contributed by atoms with Crippen molar-refractivity contribution in [3.05, 3.63) is 53.6 Å². The molecular formula is C18H23N3O3. The number of nitrogens with zero attached hydrogens (tertiary/aromatic N) is 3. The quantitative estimate of drug-likeness (QED) is 0.873. The van der Waals surface area contributed by atoms with E-state index < -0.39 is 0 Å². The molecule has 0 aliphatic carbocycles. The second-order valence-corrected chi connectivity index (χ2v) is 5.76. The maximum Gasteiger partial charge on any atom is 0.124 e. The summed E-state index contributed by atoms with van der Waals surface area (Å²) in [5.41, 5.74) is 2.85. The number of rotatable bonds is 6. The van der Waals surface area contributed by atoms with E-state index in [2.05, 4.69) is 20.9 Å². The predicted molar refractivity (Wildman–Crippen MR) is 89.5 cm³/mol. The third-order valence-electron chi connectivity index (χ3n) is 4.06. The fourth-order valence-electron chi connectivity index (χ4n) is 2.91. The van der Waals surface area contributed by atoms with Crippen LogP contribution >= 0.6 is 0 Å². The maximum absolute atomic E-state index is 9.54. The minimum Gasteiger partial charge on any atom is -0.494 e. The fraction of sp³-hybridized carbons (Fsp3) is 0.444. The van der Waals surface area contributed by atoms with Crippen molar-refractivity contribution >= 4 is 0 Å². The molecule has 0 amide bonds. The second-order valence-electron chi connectivity index (χ2n) is 5.76. The molecule has 3 rings (SSSR count). The molecule has 6 nitrogen and oxygen atoms in total. The molecule has 0 saturated carbocycles. The normalized spacial score (nSPS) is 18.5. The van der Waals surface area contributed by atoms with Gasteiger partial charge in [-0.3, -0.25) is 14.9 Å². The number of aromatic nitrogens is 2. The maximum atomic E-state index is 9.54. The number of aliphatic hydroxyl groups is 1. The summed E-state index contributed by atoms with van der Waals surface area (Å²) >= 11 is 0. The van der Waals surface area contributed by atoms with E-state index >= 15 is 0 Å². The first-order valence-electron chi connectivity index (χ1n) is 8.25. The second kappa shape index (κ2) is 8.19. The van der Waals surface area contributed by atoms with E-state index in [0.717, 1.165) is 42.2 Å². The first-order chi connectivity index (χ1) is 11.8. The Morgan fingerprint density at radius 3 is 3.04 bits per heavy atom. The molecule has 1 atom stereocenters. The summed E-state index contributed by atoms with van der Waals surface area (Å²) < 4.78 is 11.4. The van der Waals surface area contributed by atoms with Crippen molar-refractivity contribution in [2.24, 2.45) is 0 Å². The van der Waals surface area contributed by atoms with E-state index in [1.165, 1.54) is 0 Å². The van der Waals surface area contributed by atoms with Crippen molar-refractivity contribution in [2.45, 2.75) is 26.2 Å². The smallest absolute Gasteiger partial charge is 0.124 e. The van der Waals surface area contributed by atoms with Gasteiger partial charge in [-0.25, -0.2) is 0 Å². The predicted octanol–water partition coefficient (Wildman–Crippen LogP) is 1.94. The number of hydrogen-bond donors (Lipinski definition) is 1. The first kappa shape index (κ1) is 16.8. The highest BCUT2D eigenvalue weighted by Gasteiger charge is 2.23. The molecule has 1 aromatic carbocycles. The summed E-state index contributed by atoms with van der Waals surface area (Å²) in [5.74, 6) is 0.753. The lowest BCUT2D eigenvalue weighted by Crippen LogP contribution is -2.38. The molecule has 1 aliphatic heterocycles. The van der Waals surface area contributed by atoms with Crippen LogP contribution in [-0.2, 0) is 17.9 Å². The van der Waals surface area contributed by atoms with Gasteiger partial charge in [0.25, 0.3) is 0 Å². The van der Waals surface area contributed by atoms with E-state index in [1.54, 1.807) is 18.6 Å². The lowest BCUT2D eigenvalue weighted by atomic mass is 10.1. The molecule has 128 valence electrons. The van der Waals surface area contributed by atoms with Crippen molar-refractivity contribution < 1.29 is 14.6 Å². The Morgan fingerprint density at radius 2 is 2.29 bits per heavy atom. The van der Waals surface area contributed by atoms with Gasteiger partial charge < -0.3 is 14.6 Å². The highest BCUT2D eigenvalue weighted by atomic mass is 16.5. The Morgan fingerprint density at radius 1 is 1.38 bits per heavy atom. The van der Waals surface area contributed by atoms with Crippen LogP contribution in [0, 0.1) is 0 Å². The molecule has 1 saturated heterocycles. The van der Waals surface area contributed by atoms with Crippen LogP contribution in [0.4, 0.5) is 0 Å². The summed E-state index contributed by atoms with van der Waals surface area (Å²) in [7, 11) is 0. The monoisotopic (exact) mass is 329 g/mol. The average Bonchev–Trinajstić information content (AvgIpc) is 2.64. The van der Waals surface area contributed by atoms with Crippen molar-refractivity contribution in [3.63, 3.8) is 0 Å². The van der Waals surface area contributed by atoms with Gasteiger partial charge in [-0.05, 0) is 24.6 Å². The van der Waals surface area contributed by atoms with Crippen LogP contribution in [0.2, 0.25) is 0 Å². The number of morpholine rings is 1. The van der Waals surface area contributed by atoms with Gasteiger partial charge in [-0.1, -0.05) is 6.07 Å². The van der Waals surface area contributed by atoms with Crippen molar-refractivity contribution in [3.8, 4) is 5.75 Å². The van der Waals surface area contributed by atoms with Crippen LogP contribution in [0.1, 0.15) is 29.8 Å². The Bertz CT molecular complexity index is 651. The fourth-order valence-corrected chi connectivity index (χ4v) is 2.91. The van der Waals surface area contributed by atoms with Crippen LogP contribution in [0.25, 0.3) is 0 Å². The summed E-state index contributed by atoms with van der Waals surface area (Å²) in [5, 5.41) is 9.54. The van der Waals surface area contributed by atoms with Gasteiger partial charge in [0.05, 0.1) is 31.7 Å². The van der Waals surface area contributed by atoms with Crippen molar-refractivity contribution in [1.29, 1.82) is 0 Å². The van der Waals surface area contributed by atoms with Gasteiger partial charge in [0.1, 0.15) is 11.9 Å². The van der Waals surface area contributed by atoms with Crippen LogP contribution in [0.15, 0.2) is 36.8 Å². The average molecular weight is 329 g/mol. The number of benzene rings is 1. The van der Waals surface area contributed by atoms with Crippen molar-refractivity contribution in [2.75, 3.05) is 26.3 Å². The van der Waals surface area contributed by atoms with Crippen LogP contribution in [-0.4, -0.2) is 46.3 Å². The Balaban J connectivity index is 1.67. The number of hydrogen-bond acceptors (Lipinski definition) is 6. The molecule has 2 heterocycles. The molecule has 1 aromatic heterocycles. The van der Waals surface area contributed by atoms with Gasteiger partial charge in [-0.15, -0.1) is 0 Å². The molecule has 0 spiro atoms. The zero-order valence-corrected chi connectivity index (χ0v) is 13.9. The highest BCUT2D eigenvalue weighted by Crippen LogP contribution is 2.24. The van der Waals surface area contributed by atoms with E-state index in [0.29, 0.717) is 13.2 Å². The largest absolute Gasteiger partial charge is 0.494 e. The van der Waals surface area contributed by atoms with Crippen LogP contribution in [0.3, 0.4) is 0 Å². The Kier molecular flexibility index (Phi) is 5.74. The summed E-state index contributed by atoms with van der Waals surface area (Å²) in [6.45, 7) is 5.64. The number of aliphatic hydroxyl groups excluding tert-OH is 1. The topological polar surface area (TPSA) is 67.7 Å². The summed E-state index contributed by atoms with van der Waals surface area (Å²) in [6, 6.07) is 6.00. The Hall–Kier alpha value is -2.02. The first-order valence-corrected chi connectivity index (χ1v) is 8.25. The lowest BCUT2D eigenvalue weighted by Gasteiger charge is -2.32. The van der Waals surface area contributed by atoms with Gasteiger partial charge in [-0.2, -0.15) is 0 Å². The minimum absolute atomic E-state index is 0.0193. The zero-order valence-electron chi connectivity index (χ0n) is 13.9. The van der Waals surface area contributed by atoms with E-state index in [1.807, 2.05) is 19.1 Å². The van der Waals surface area contributed by atoms with E-state index in [4.69, 9.17) is 9.47 Å². The molecular weight excluding hydrogens is 306 g/mol. The third-order valence-corrected chi connectivity index (χ3v) is 4.06.